The van der Waals surface area contributed by atoms with E-state index in [2.05, 4.69) is 26.1 Å². The third-order valence-corrected chi connectivity index (χ3v) is 2.65. The second-order valence-corrected chi connectivity index (χ2v) is 6.02. The fourth-order valence-electron chi connectivity index (χ4n) is 1.40. The third-order valence-electron chi connectivity index (χ3n) is 2.42. The van der Waals surface area contributed by atoms with Crippen LogP contribution in [0.25, 0.3) is 0 Å². The number of nitrogens with two attached hydrogens (primary N) is 1. The number of nitrogens with one attached hydrogen (secondary N) is 1. The molecular formula is C14H20N2OS. The van der Waals surface area contributed by atoms with Crippen LogP contribution in [0, 0.1) is 5.41 Å². The predicted molar refractivity (Wildman–Crippen MR) is 78.5 cm³/mol. The Balaban J connectivity index is 2.52. The van der Waals surface area contributed by atoms with Gasteiger partial charge in [-0.25, -0.2) is 0 Å². The Bertz CT molecular complexity index is 432. The van der Waals surface area contributed by atoms with Gasteiger partial charge in [0.1, 0.15) is 4.99 Å². The van der Waals surface area contributed by atoms with E-state index < -0.39 is 0 Å². The summed E-state index contributed by atoms with van der Waals surface area (Å²) in [4.78, 5) is 12.1. The second kappa shape index (κ2) is 5.96. The highest BCUT2D eigenvalue weighted by Crippen LogP contribution is 2.10. The van der Waals surface area contributed by atoms with Gasteiger partial charge in [0.05, 0.1) is 6.42 Å². The summed E-state index contributed by atoms with van der Waals surface area (Å²) in [6.07, 6.45) is 0.383. The van der Waals surface area contributed by atoms with E-state index in [1.165, 1.54) is 0 Å². The molecule has 0 fully saturated rings. The Morgan fingerprint density at radius 1 is 1.28 bits per heavy atom. The molecule has 4 heteroatoms. The number of hydrogen-bond donors (Lipinski definition) is 2. The van der Waals surface area contributed by atoms with E-state index in [0.29, 0.717) is 18.0 Å². The quantitative estimate of drug-likeness (QED) is 0.818. The molecule has 0 heterocycles. The lowest BCUT2D eigenvalue weighted by Gasteiger charge is -2.18. The third kappa shape index (κ3) is 5.27. The van der Waals surface area contributed by atoms with Crippen LogP contribution in [0.5, 0.6) is 0 Å². The molecule has 0 spiro atoms. The molecule has 0 atom stereocenters. The van der Waals surface area contributed by atoms with Crippen molar-refractivity contribution in [3.05, 3.63) is 35.4 Å². The average molecular weight is 264 g/mol. The van der Waals surface area contributed by atoms with Gasteiger partial charge in [0.15, 0.2) is 0 Å². The molecule has 1 amide bonds. The highest BCUT2D eigenvalue weighted by Gasteiger charge is 2.12. The number of hydrogen-bond acceptors (Lipinski definition) is 2. The molecule has 1 aromatic rings. The number of carbonyl (C=O) groups excluding carboxylic acids is 1. The maximum atomic E-state index is 11.7. The summed E-state index contributed by atoms with van der Waals surface area (Å²) in [7, 11) is 0. The van der Waals surface area contributed by atoms with Crippen LogP contribution in [0.2, 0.25) is 0 Å². The molecule has 0 bridgehead atoms. The zero-order valence-electron chi connectivity index (χ0n) is 11.1. The first-order valence-corrected chi connectivity index (χ1v) is 6.34. The number of benzene rings is 1. The Hall–Kier alpha value is -1.42. The van der Waals surface area contributed by atoms with Crippen LogP contribution in [-0.2, 0) is 11.2 Å². The van der Waals surface area contributed by atoms with Gasteiger partial charge in [0.2, 0.25) is 5.91 Å². The summed E-state index contributed by atoms with van der Waals surface area (Å²) in [5.74, 6) is 0.0352. The largest absolute Gasteiger partial charge is 0.389 e. The zero-order valence-corrected chi connectivity index (χ0v) is 11.9. The molecule has 0 saturated heterocycles. The van der Waals surface area contributed by atoms with E-state index in [9.17, 15) is 4.79 Å². The summed E-state index contributed by atoms with van der Waals surface area (Å²) in [6, 6.07) is 7.44. The Labute approximate surface area is 114 Å². The predicted octanol–water partition coefficient (Wildman–Crippen LogP) is 2.03. The van der Waals surface area contributed by atoms with Crippen LogP contribution in [0.4, 0.5) is 0 Å². The van der Waals surface area contributed by atoms with Crippen molar-refractivity contribution in [3.8, 4) is 0 Å². The zero-order chi connectivity index (χ0) is 13.8. The highest BCUT2D eigenvalue weighted by molar-refractivity contribution is 7.80. The molecule has 1 rings (SSSR count). The van der Waals surface area contributed by atoms with Gasteiger partial charge >= 0.3 is 0 Å². The Morgan fingerprint density at radius 2 is 1.83 bits per heavy atom. The molecule has 0 unspecified atom stereocenters. The molecule has 3 nitrogen and oxygen atoms in total. The van der Waals surface area contributed by atoms with Crippen molar-refractivity contribution < 1.29 is 4.79 Å². The number of thiocarbonyl (C=S) groups is 1. The summed E-state index contributed by atoms with van der Waals surface area (Å²) in [5.41, 5.74) is 7.40. The molecule has 0 aromatic heterocycles. The summed E-state index contributed by atoms with van der Waals surface area (Å²) in [5, 5.41) is 2.92. The Kier molecular flexibility index (Phi) is 4.84. The molecule has 3 N–H and O–H groups in total. The molecule has 0 saturated carbocycles. The van der Waals surface area contributed by atoms with Crippen LogP contribution in [0.1, 0.15) is 31.9 Å². The first-order valence-electron chi connectivity index (χ1n) is 5.93. The van der Waals surface area contributed by atoms with E-state index in [-0.39, 0.29) is 11.3 Å². The van der Waals surface area contributed by atoms with Crippen LogP contribution >= 0.6 is 12.2 Å². The Morgan fingerprint density at radius 3 is 2.28 bits per heavy atom. The molecule has 1 aromatic carbocycles. The molecule has 0 aliphatic rings. The highest BCUT2D eigenvalue weighted by atomic mass is 32.1. The maximum absolute atomic E-state index is 11.7. The topological polar surface area (TPSA) is 55.1 Å². The summed E-state index contributed by atoms with van der Waals surface area (Å²) in [6.45, 7) is 6.94. The van der Waals surface area contributed by atoms with Crippen molar-refractivity contribution in [3.63, 3.8) is 0 Å². The van der Waals surface area contributed by atoms with Gasteiger partial charge in [0, 0.05) is 12.1 Å². The van der Waals surface area contributed by atoms with Crippen molar-refractivity contribution in [2.45, 2.75) is 27.2 Å². The normalized spacial score (nSPS) is 11.1. The number of rotatable bonds is 4. The number of carbonyl (C=O) groups is 1. The van der Waals surface area contributed by atoms with E-state index in [0.717, 1.165) is 11.1 Å². The van der Waals surface area contributed by atoms with Crippen LogP contribution in [-0.4, -0.2) is 17.4 Å². The molecule has 0 aliphatic carbocycles. The minimum Gasteiger partial charge on any atom is -0.389 e. The lowest BCUT2D eigenvalue weighted by molar-refractivity contribution is -0.120. The fourth-order valence-corrected chi connectivity index (χ4v) is 1.53. The maximum Gasteiger partial charge on any atom is 0.224 e. The van der Waals surface area contributed by atoms with Gasteiger partial charge in [-0.3, -0.25) is 4.79 Å². The first-order chi connectivity index (χ1) is 8.28. The summed E-state index contributed by atoms with van der Waals surface area (Å²) < 4.78 is 0. The fraction of sp³-hybridized carbons (Fsp3) is 0.429. The van der Waals surface area contributed by atoms with Crippen molar-refractivity contribution in [2.75, 3.05) is 6.54 Å². The van der Waals surface area contributed by atoms with Crippen molar-refractivity contribution >= 4 is 23.1 Å². The van der Waals surface area contributed by atoms with Gasteiger partial charge in [-0.05, 0) is 11.0 Å². The van der Waals surface area contributed by atoms with Gasteiger partial charge < -0.3 is 11.1 Å². The van der Waals surface area contributed by atoms with E-state index in [1.807, 2.05) is 24.3 Å². The van der Waals surface area contributed by atoms with Gasteiger partial charge in [-0.2, -0.15) is 0 Å². The molecule has 0 aliphatic heterocycles. The standard InChI is InChI=1S/C14H20N2OS/c1-14(2,3)9-16-12(17)8-10-4-6-11(7-5-10)13(15)18/h4-7H,8-9H2,1-3H3,(H2,15,18)(H,16,17). The van der Waals surface area contributed by atoms with Crippen LogP contribution < -0.4 is 11.1 Å². The van der Waals surface area contributed by atoms with Crippen molar-refractivity contribution in [1.82, 2.24) is 5.32 Å². The molecule has 18 heavy (non-hydrogen) atoms. The van der Waals surface area contributed by atoms with E-state index >= 15 is 0 Å². The van der Waals surface area contributed by atoms with Crippen molar-refractivity contribution in [1.29, 1.82) is 0 Å². The second-order valence-electron chi connectivity index (χ2n) is 5.58. The summed E-state index contributed by atoms with van der Waals surface area (Å²) >= 11 is 4.87. The van der Waals surface area contributed by atoms with E-state index in [4.69, 9.17) is 18.0 Å². The smallest absolute Gasteiger partial charge is 0.224 e. The molecular weight excluding hydrogens is 244 g/mol. The lowest BCUT2D eigenvalue weighted by Crippen LogP contribution is -2.33. The van der Waals surface area contributed by atoms with Gasteiger partial charge in [-0.1, -0.05) is 57.3 Å². The first kappa shape index (κ1) is 14.6. The molecule has 98 valence electrons. The van der Waals surface area contributed by atoms with Crippen molar-refractivity contribution in [2.24, 2.45) is 11.1 Å². The monoisotopic (exact) mass is 264 g/mol. The average Bonchev–Trinajstić information content (AvgIpc) is 2.26. The SMILES string of the molecule is CC(C)(C)CNC(=O)Cc1ccc(C(N)=S)cc1. The van der Waals surface area contributed by atoms with Crippen LogP contribution in [0.15, 0.2) is 24.3 Å². The van der Waals surface area contributed by atoms with Crippen LogP contribution in [0.3, 0.4) is 0 Å². The molecule has 0 radical (unpaired) electrons. The minimum atomic E-state index is 0.0352. The van der Waals surface area contributed by atoms with Gasteiger partial charge in [-0.15, -0.1) is 0 Å². The lowest BCUT2D eigenvalue weighted by atomic mass is 9.97. The number of amides is 1. The van der Waals surface area contributed by atoms with Gasteiger partial charge in [0.25, 0.3) is 0 Å². The minimum absolute atomic E-state index is 0.0352. The van der Waals surface area contributed by atoms with E-state index in [1.54, 1.807) is 0 Å².